The van der Waals surface area contributed by atoms with Gasteiger partial charge in [0.05, 0.1) is 24.3 Å². The smallest absolute Gasteiger partial charge is 0.338 e. The van der Waals surface area contributed by atoms with Crippen molar-refractivity contribution in [2.24, 2.45) is 0 Å². The molecule has 1 saturated heterocycles. The molecule has 0 N–H and O–H groups in total. The second-order valence-corrected chi connectivity index (χ2v) is 6.84. The number of carbonyl (C=O) groups excluding carboxylic acids is 2. The Kier molecular flexibility index (Phi) is 7.14. The third kappa shape index (κ3) is 4.61. The quantitative estimate of drug-likeness (QED) is 0.701. The van der Waals surface area contributed by atoms with Crippen LogP contribution in [0.1, 0.15) is 50.4 Å². The highest BCUT2D eigenvalue weighted by Gasteiger charge is 2.29. The topological polar surface area (TPSA) is 65.1 Å². The van der Waals surface area contributed by atoms with E-state index in [1.54, 1.807) is 0 Å². The fraction of sp³-hybridized carbons (Fsp3) is 0.579. The van der Waals surface area contributed by atoms with E-state index in [9.17, 15) is 9.59 Å². The Morgan fingerprint density at radius 3 is 2.46 bits per heavy atom. The number of nitrogens with zero attached hydrogens (tertiary/aromatic N) is 1. The molecule has 1 aliphatic rings. The Balaban J connectivity index is 2.05. The minimum absolute atomic E-state index is 0.157. The minimum Gasteiger partial charge on any atom is -0.493 e. The Hall–Kier alpha value is -1.95. The number of esters is 1. The van der Waals surface area contributed by atoms with Gasteiger partial charge in [-0.25, -0.2) is 4.79 Å². The van der Waals surface area contributed by atoms with Gasteiger partial charge in [0, 0.05) is 12.1 Å². The van der Waals surface area contributed by atoms with Crippen molar-refractivity contribution >= 4 is 23.5 Å². The van der Waals surface area contributed by atoms with E-state index in [1.807, 2.05) is 25.7 Å². The first kappa shape index (κ1) is 20.4. The fourth-order valence-corrected chi connectivity index (χ4v) is 3.59. The SMILES string of the molecule is CCOc1c(Cl)cc(C(=O)OCC(=O)N2[C@H](C)CCC[C@H]2C)cc1OC. The molecular formula is C19H26ClNO5. The maximum atomic E-state index is 12.5. The van der Waals surface area contributed by atoms with Gasteiger partial charge in [0.25, 0.3) is 5.91 Å². The third-order valence-electron chi connectivity index (χ3n) is 4.56. The molecule has 0 aliphatic carbocycles. The maximum Gasteiger partial charge on any atom is 0.338 e. The van der Waals surface area contributed by atoms with Crippen LogP contribution in [0.5, 0.6) is 11.5 Å². The maximum absolute atomic E-state index is 12.5. The molecule has 6 nitrogen and oxygen atoms in total. The van der Waals surface area contributed by atoms with Crippen LogP contribution in [0, 0.1) is 0 Å². The molecular weight excluding hydrogens is 358 g/mol. The summed E-state index contributed by atoms with van der Waals surface area (Å²) in [5.41, 5.74) is 0.211. The van der Waals surface area contributed by atoms with Gasteiger partial charge in [0.2, 0.25) is 0 Å². The van der Waals surface area contributed by atoms with Crippen LogP contribution in [0.3, 0.4) is 0 Å². The van der Waals surface area contributed by atoms with Gasteiger partial charge in [-0.15, -0.1) is 0 Å². The molecule has 2 rings (SSSR count). The summed E-state index contributed by atoms with van der Waals surface area (Å²) in [7, 11) is 1.46. The van der Waals surface area contributed by atoms with Crippen LogP contribution in [0.25, 0.3) is 0 Å². The largest absolute Gasteiger partial charge is 0.493 e. The van der Waals surface area contributed by atoms with Crippen LogP contribution in [0.15, 0.2) is 12.1 Å². The number of ether oxygens (including phenoxy) is 3. The molecule has 1 aliphatic heterocycles. The van der Waals surface area contributed by atoms with E-state index in [0.717, 1.165) is 19.3 Å². The number of carbonyl (C=O) groups is 2. The summed E-state index contributed by atoms with van der Waals surface area (Å²) in [5, 5.41) is 0.253. The van der Waals surface area contributed by atoms with Gasteiger partial charge in [-0.2, -0.15) is 0 Å². The number of methoxy groups -OCH3 is 1. The van der Waals surface area contributed by atoms with E-state index in [0.29, 0.717) is 18.1 Å². The summed E-state index contributed by atoms with van der Waals surface area (Å²) < 4.78 is 15.9. The molecule has 0 bridgehead atoms. The van der Waals surface area contributed by atoms with Crippen molar-refractivity contribution in [2.45, 2.75) is 52.1 Å². The van der Waals surface area contributed by atoms with E-state index in [1.165, 1.54) is 19.2 Å². The average Bonchev–Trinajstić information content (AvgIpc) is 2.61. The first-order valence-electron chi connectivity index (χ1n) is 8.87. The second kappa shape index (κ2) is 9.12. The summed E-state index contributed by atoms with van der Waals surface area (Å²) in [6, 6.07) is 3.26. The molecule has 1 aromatic carbocycles. The minimum atomic E-state index is -0.626. The van der Waals surface area contributed by atoms with Crippen LogP contribution >= 0.6 is 11.6 Å². The summed E-state index contributed by atoms with van der Waals surface area (Å²) in [6.45, 7) is 5.99. The average molecular weight is 384 g/mol. The van der Waals surface area contributed by atoms with Crippen molar-refractivity contribution in [1.29, 1.82) is 0 Å². The molecule has 2 atom stereocenters. The van der Waals surface area contributed by atoms with E-state index in [-0.39, 0.29) is 35.2 Å². The second-order valence-electron chi connectivity index (χ2n) is 6.43. The number of amides is 1. The monoisotopic (exact) mass is 383 g/mol. The molecule has 0 unspecified atom stereocenters. The number of halogens is 1. The van der Waals surface area contributed by atoms with Crippen LogP contribution in [-0.4, -0.2) is 49.2 Å². The van der Waals surface area contributed by atoms with E-state index in [4.69, 9.17) is 25.8 Å². The van der Waals surface area contributed by atoms with Crippen LogP contribution in [0.2, 0.25) is 5.02 Å². The molecule has 7 heteroatoms. The van der Waals surface area contributed by atoms with Crippen LogP contribution < -0.4 is 9.47 Å². The highest BCUT2D eigenvalue weighted by atomic mass is 35.5. The van der Waals surface area contributed by atoms with Crippen LogP contribution in [-0.2, 0) is 9.53 Å². The molecule has 0 radical (unpaired) electrons. The van der Waals surface area contributed by atoms with Crippen molar-refractivity contribution in [3.8, 4) is 11.5 Å². The summed E-state index contributed by atoms with van der Waals surface area (Å²) in [4.78, 5) is 26.6. The van der Waals surface area contributed by atoms with Crippen molar-refractivity contribution in [3.05, 3.63) is 22.7 Å². The first-order valence-corrected chi connectivity index (χ1v) is 9.25. The standard InChI is InChI=1S/C19H26ClNO5/c1-5-25-18-15(20)9-14(10-16(18)24-4)19(23)26-11-17(22)21-12(2)7-6-8-13(21)3/h9-10,12-13H,5-8,11H2,1-4H3/t12-,13-/m1/s1. The molecule has 26 heavy (non-hydrogen) atoms. The lowest BCUT2D eigenvalue weighted by Crippen LogP contribution is -2.49. The predicted octanol–water partition coefficient (Wildman–Crippen LogP) is 3.69. The highest BCUT2D eigenvalue weighted by molar-refractivity contribution is 6.32. The van der Waals surface area contributed by atoms with Gasteiger partial charge in [0.1, 0.15) is 0 Å². The number of rotatable bonds is 6. The number of benzene rings is 1. The predicted molar refractivity (Wildman–Crippen MR) is 99.1 cm³/mol. The van der Waals surface area contributed by atoms with Crippen molar-refractivity contribution in [3.63, 3.8) is 0 Å². The zero-order chi connectivity index (χ0) is 19.3. The number of likely N-dealkylation sites (tertiary alicyclic amines) is 1. The fourth-order valence-electron chi connectivity index (χ4n) is 3.32. The summed E-state index contributed by atoms with van der Waals surface area (Å²) in [5.74, 6) is -0.0860. The number of piperidine rings is 1. The van der Waals surface area contributed by atoms with Crippen molar-refractivity contribution in [2.75, 3.05) is 20.3 Å². The lowest BCUT2D eigenvalue weighted by atomic mass is 9.97. The Morgan fingerprint density at radius 1 is 1.23 bits per heavy atom. The van der Waals surface area contributed by atoms with Gasteiger partial charge < -0.3 is 19.1 Å². The zero-order valence-electron chi connectivity index (χ0n) is 15.7. The summed E-state index contributed by atoms with van der Waals surface area (Å²) >= 11 is 6.17. The highest BCUT2D eigenvalue weighted by Crippen LogP contribution is 2.36. The molecule has 1 amide bonds. The normalized spacial score (nSPS) is 19.8. The molecule has 0 spiro atoms. The third-order valence-corrected chi connectivity index (χ3v) is 4.84. The number of hydrogen-bond acceptors (Lipinski definition) is 5. The lowest BCUT2D eigenvalue weighted by molar-refractivity contribution is -0.140. The molecule has 0 aromatic heterocycles. The van der Waals surface area contributed by atoms with E-state index < -0.39 is 5.97 Å². The van der Waals surface area contributed by atoms with Crippen molar-refractivity contribution in [1.82, 2.24) is 4.90 Å². The zero-order valence-corrected chi connectivity index (χ0v) is 16.5. The Labute approximate surface area is 159 Å². The van der Waals surface area contributed by atoms with Gasteiger partial charge >= 0.3 is 5.97 Å². The van der Waals surface area contributed by atoms with Crippen molar-refractivity contribution < 1.29 is 23.8 Å². The Bertz CT molecular complexity index is 654. The number of hydrogen-bond donors (Lipinski definition) is 0. The van der Waals surface area contributed by atoms with Crippen LogP contribution in [0.4, 0.5) is 0 Å². The van der Waals surface area contributed by atoms with Gasteiger partial charge in [-0.1, -0.05) is 11.6 Å². The first-order chi connectivity index (χ1) is 12.4. The lowest BCUT2D eigenvalue weighted by Gasteiger charge is -2.38. The summed E-state index contributed by atoms with van der Waals surface area (Å²) in [6.07, 6.45) is 3.04. The van der Waals surface area contributed by atoms with Gasteiger partial charge in [0.15, 0.2) is 18.1 Å². The molecule has 1 aromatic rings. The molecule has 0 saturated carbocycles. The molecule has 1 heterocycles. The molecule has 144 valence electrons. The van der Waals surface area contributed by atoms with E-state index >= 15 is 0 Å². The molecule has 1 fully saturated rings. The van der Waals surface area contributed by atoms with Gasteiger partial charge in [-0.05, 0) is 52.2 Å². The van der Waals surface area contributed by atoms with Gasteiger partial charge in [-0.3, -0.25) is 4.79 Å². The van der Waals surface area contributed by atoms with E-state index in [2.05, 4.69) is 0 Å². The Morgan fingerprint density at radius 2 is 1.88 bits per heavy atom.